The quantitative estimate of drug-likeness (QED) is 0.257. The van der Waals surface area contributed by atoms with E-state index in [9.17, 15) is 0 Å². The molecule has 5 nitrogen and oxygen atoms in total. The molecule has 2 rings (SSSR count). The molecule has 1 saturated heterocycles. The van der Waals surface area contributed by atoms with E-state index in [1.54, 1.807) is 7.05 Å². The van der Waals surface area contributed by atoms with Gasteiger partial charge in [0.25, 0.3) is 0 Å². The van der Waals surface area contributed by atoms with E-state index in [4.69, 9.17) is 9.47 Å². The first-order valence-electron chi connectivity index (χ1n) is 9.03. The summed E-state index contributed by atoms with van der Waals surface area (Å²) in [6.07, 6.45) is 4.37. The first-order chi connectivity index (χ1) is 11.8. The van der Waals surface area contributed by atoms with Gasteiger partial charge in [0.2, 0.25) is 0 Å². The zero-order valence-electron chi connectivity index (χ0n) is 15.4. The summed E-state index contributed by atoms with van der Waals surface area (Å²) < 4.78 is 11.0. The van der Waals surface area contributed by atoms with E-state index in [2.05, 4.69) is 46.8 Å². The second kappa shape index (κ2) is 13.4. The van der Waals surface area contributed by atoms with E-state index < -0.39 is 0 Å². The average Bonchev–Trinajstić information content (AvgIpc) is 3.14. The first-order valence-corrected chi connectivity index (χ1v) is 9.03. The molecule has 1 heterocycles. The molecule has 0 spiro atoms. The van der Waals surface area contributed by atoms with E-state index in [1.165, 1.54) is 11.1 Å². The molecule has 0 radical (unpaired) electrons. The van der Waals surface area contributed by atoms with Crippen molar-refractivity contribution in [1.29, 1.82) is 0 Å². The van der Waals surface area contributed by atoms with Gasteiger partial charge >= 0.3 is 0 Å². The lowest BCUT2D eigenvalue weighted by Crippen LogP contribution is -2.39. The topological polar surface area (TPSA) is 54.9 Å². The monoisotopic (exact) mass is 461 g/mol. The van der Waals surface area contributed by atoms with Crippen molar-refractivity contribution in [3.8, 4) is 0 Å². The number of hydrogen-bond acceptors (Lipinski definition) is 3. The Morgan fingerprint density at radius 2 is 1.92 bits per heavy atom. The van der Waals surface area contributed by atoms with Crippen LogP contribution in [0.3, 0.4) is 0 Å². The number of hydrogen-bond donors (Lipinski definition) is 2. The molecular formula is C19H32IN3O2. The normalized spacial score (nSPS) is 17.2. The number of aryl methyl sites for hydroxylation is 1. The van der Waals surface area contributed by atoms with Crippen LogP contribution in [0.4, 0.5) is 0 Å². The second-order valence-electron chi connectivity index (χ2n) is 6.06. The Morgan fingerprint density at radius 1 is 1.20 bits per heavy atom. The molecule has 0 aromatic heterocycles. The molecule has 25 heavy (non-hydrogen) atoms. The van der Waals surface area contributed by atoms with Crippen LogP contribution in [0.1, 0.15) is 30.9 Å². The summed E-state index contributed by atoms with van der Waals surface area (Å²) in [5, 5.41) is 6.68. The maximum absolute atomic E-state index is 5.75. The number of guanidine groups is 1. The SMILES string of the molecule is CCc1ccc(CCNC(=NC)NCCCOC2CCOC2)cc1.I. The maximum atomic E-state index is 5.75. The van der Waals surface area contributed by atoms with Crippen molar-refractivity contribution in [3.63, 3.8) is 0 Å². The number of aliphatic imine (C=N–C) groups is 1. The molecule has 0 bridgehead atoms. The largest absolute Gasteiger partial charge is 0.379 e. The summed E-state index contributed by atoms with van der Waals surface area (Å²) in [6.45, 7) is 6.26. The highest BCUT2D eigenvalue weighted by atomic mass is 127. The Labute approximate surface area is 169 Å². The highest BCUT2D eigenvalue weighted by Crippen LogP contribution is 2.08. The van der Waals surface area contributed by atoms with Crippen molar-refractivity contribution < 1.29 is 9.47 Å². The number of rotatable bonds is 9. The third-order valence-electron chi connectivity index (χ3n) is 4.22. The van der Waals surface area contributed by atoms with Gasteiger partial charge in [-0.1, -0.05) is 31.2 Å². The number of benzene rings is 1. The van der Waals surface area contributed by atoms with E-state index in [-0.39, 0.29) is 24.0 Å². The lowest BCUT2D eigenvalue weighted by Gasteiger charge is -2.13. The fraction of sp³-hybridized carbons (Fsp3) is 0.632. The smallest absolute Gasteiger partial charge is 0.190 e. The van der Waals surface area contributed by atoms with Gasteiger partial charge in [0, 0.05) is 33.4 Å². The summed E-state index contributed by atoms with van der Waals surface area (Å²) in [4.78, 5) is 4.26. The molecule has 0 aliphatic carbocycles. The summed E-state index contributed by atoms with van der Waals surface area (Å²) in [5.41, 5.74) is 2.73. The molecule has 2 N–H and O–H groups in total. The van der Waals surface area contributed by atoms with Crippen LogP contribution in [-0.2, 0) is 22.3 Å². The highest BCUT2D eigenvalue weighted by Gasteiger charge is 2.15. The predicted octanol–water partition coefficient (Wildman–Crippen LogP) is 2.77. The Kier molecular flexibility index (Phi) is 11.9. The number of halogens is 1. The fourth-order valence-corrected chi connectivity index (χ4v) is 2.66. The Balaban J connectivity index is 0.00000312. The Hall–Kier alpha value is -0.860. The van der Waals surface area contributed by atoms with Crippen LogP contribution in [0.15, 0.2) is 29.3 Å². The summed E-state index contributed by atoms with van der Waals surface area (Å²) >= 11 is 0. The molecule has 142 valence electrons. The van der Waals surface area contributed by atoms with E-state index in [0.717, 1.165) is 64.6 Å². The zero-order chi connectivity index (χ0) is 17.0. The maximum Gasteiger partial charge on any atom is 0.190 e. The van der Waals surface area contributed by atoms with E-state index in [0.29, 0.717) is 6.10 Å². The third kappa shape index (κ3) is 8.87. The summed E-state index contributed by atoms with van der Waals surface area (Å²) in [7, 11) is 1.80. The van der Waals surface area contributed by atoms with Gasteiger partial charge in [-0.3, -0.25) is 4.99 Å². The molecule has 0 saturated carbocycles. The molecule has 1 fully saturated rings. The molecular weight excluding hydrogens is 429 g/mol. The standard InChI is InChI=1S/C19H31N3O2.HI/c1-3-16-5-7-17(8-6-16)9-12-22-19(20-2)21-11-4-13-24-18-10-14-23-15-18;/h5-8,18H,3-4,9-15H2,1-2H3,(H2,20,21,22);1H. The average molecular weight is 461 g/mol. The van der Waals surface area contributed by atoms with Gasteiger partial charge in [-0.25, -0.2) is 0 Å². The minimum Gasteiger partial charge on any atom is -0.379 e. The molecule has 1 aromatic rings. The first kappa shape index (κ1) is 22.2. The van der Waals surface area contributed by atoms with Crippen molar-refractivity contribution in [2.45, 2.75) is 38.7 Å². The van der Waals surface area contributed by atoms with Crippen LogP contribution in [-0.4, -0.2) is 52.0 Å². The fourth-order valence-electron chi connectivity index (χ4n) is 2.66. The van der Waals surface area contributed by atoms with Crippen LogP contribution in [0.5, 0.6) is 0 Å². The highest BCUT2D eigenvalue weighted by molar-refractivity contribution is 14.0. The van der Waals surface area contributed by atoms with Gasteiger partial charge in [-0.2, -0.15) is 0 Å². The van der Waals surface area contributed by atoms with Crippen LogP contribution >= 0.6 is 24.0 Å². The van der Waals surface area contributed by atoms with Crippen molar-refractivity contribution in [2.75, 3.05) is 40.0 Å². The number of nitrogens with one attached hydrogen (secondary N) is 2. The predicted molar refractivity (Wildman–Crippen MR) is 114 cm³/mol. The molecule has 1 aliphatic heterocycles. The van der Waals surface area contributed by atoms with Crippen LogP contribution < -0.4 is 10.6 Å². The lowest BCUT2D eigenvalue weighted by atomic mass is 10.1. The lowest BCUT2D eigenvalue weighted by molar-refractivity contribution is 0.0420. The van der Waals surface area contributed by atoms with Crippen molar-refractivity contribution in [2.24, 2.45) is 4.99 Å². The summed E-state index contributed by atoms with van der Waals surface area (Å²) in [6, 6.07) is 8.83. The van der Waals surface area contributed by atoms with Crippen LogP contribution in [0.2, 0.25) is 0 Å². The second-order valence-corrected chi connectivity index (χ2v) is 6.06. The molecule has 6 heteroatoms. The minimum atomic E-state index is 0. The van der Waals surface area contributed by atoms with Crippen molar-refractivity contribution >= 4 is 29.9 Å². The number of nitrogens with zero attached hydrogens (tertiary/aromatic N) is 1. The van der Waals surface area contributed by atoms with Crippen LogP contribution in [0, 0.1) is 0 Å². The van der Waals surface area contributed by atoms with Crippen molar-refractivity contribution in [1.82, 2.24) is 10.6 Å². The van der Waals surface area contributed by atoms with Gasteiger partial charge in [-0.05, 0) is 36.8 Å². The molecule has 1 atom stereocenters. The van der Waals surface area contributed by atoms with Crippen LogP contribution in [0.25, 0.3) is 0 Å². The minimum absolute atomic E-state index is 0. The van der Waals surface area contributed by atoms with E-state index >= 15 is 0 Å². The molecule has 0 amide bonds. The van der Waals surface area contributed by atoms with Gasteiger partial charge in [-0.15, -0.1) is 24.0 Å². The molecule has 1 unspecified atom stereocenters. The van der Waals surface area contributed by atoms with Gasteiger partial charge in [0.15, 0.2) is 5.96 Å². The Morgan fingerprint density at radius 3 is 2.56 bits per heavy atom. The van der Waals surface area contributed by atoms with E-state index in [1.807, 2.05) is 0 Å². The van der Waals surface area contributed by atoms with Gasteiger partial charge < -0.3 is 20.1 Å². The van der Waals surface area contributed by atoms with Gasteiger partial charge in [0.1, 0.15) is 0 Å². The Bertz CT molecular complexity index is 488. The summed E-state index contributed by atoms with van der Waals surface area (Å²) in [5.74, 6) is 0.851. The zero-order valence-corrected chi connectivity index (χ0v) is 17.8. The molecule has 1 aliphatic rings. The number of ether oxygens (including phenoxy) is 2. The third-order valence-corrected chi connectivity index (χ3v) is 4.22. The van der Waals surface area contributed by atoms with Gasteiger partial charge in [0.05, 0.1) is 12.7 Å². The molecule has 1 aromatic carbocycles. The van der Waals surface area contributed by atoms with Crippen molar-refractivity contribution in [3.05, 3.63) is 35.4 Å².